The molecule has 0 atom stereocenters. The quantitative estimate of drug-likeness (QED) is 0.723. The Bertz CT molecular complexity index is 426. The van der Waals surface area contributed by atoms with Crippen LogP contribution in [0.4, 0.5) is 0 Å². The third kappa shape index (κ3) is 4.17. The summed E-state index contributed by atoms with van der Waals surface area (Å²) < 4.78 is 0. The highest BCUT2D eigenvalue weighted by Gasteiger charge is 2.17. The van der Waals surface area contributed by atoms with Crippen molar-refractivity contribution in [3.63, 3.8) is 0 Å². The lowest BCUT2D eigenvalue weighted by Gasteiger charge is -2.25. The van der Waals surface area contributed by atoms with Crippen molar-refractivity contribution in [3.05, 3.63) is 34.4 Å². The normalized spacial score (nSPS) is 11.4. The molecule has 0 fully saturated rings. The molecule has 1 aromatic rings. The van der Waals surface area contributed by atoms with Gasteiger partial charge >= 0.3 is 0 Å². The molecule has 0 heterocycles. The van der Waals surface area contributed by atoms with E-state index in [1.165, 1.54) is 5.56 Å². The van der Waals surface area contributed by atoms with E-state index >= 15 is 0 Å². The summed E-state index contributed by atoms with van der Waals surface area (Å²) in [5, 5.41) is 0. The number of aryl methyl sites for hydroxylation is 3. The van der Waals surface area contributed by atoms with Gasteiger partial charge in [-0.2, -0.15) is 0 Å². The van der Waals surface area contributed by atoms with Gasteiger partial charge in [-0.25, -0.2) is 0 Å². The lowest BCUT2D eigenvalue weighted by Crippen LogP contribution is -2.36. The number of carbonyl (C=O) groups excluding carboxylic acids is 1. The van der Waals surface area contributed by atoms with Crippen LogP contribution >= 0.6 is 0 Å². The number of benzene rings is 1. The van der Waals surface area contributed by atoms with Crippen LogP contribution < -0.4 is 0 Å². The zero-order chi connectivity index (χ0) is 14.6. The molecule has 0 N–H and O–H groups in total. The van der Waals surface area contributed by atoms with Crippen molar-refractivity contribution in [3.8, 4) is 0 Å². The number of carbonyl (C=O) groups is 1. The zero-order valence-electron chi connectivity index (χ0n) is 13.2. The van der Waals surface area contributed by atoms with Crippen LogP contribution in [0.25, 0.3) is 0 Å². The second kappa shape index (κ2) is 6.85. The summed E-state index contributed by atoms with van der Waals surface area (Å²) in [6, 6.07) is 4.61. The Kier molecular flexibility index (Phi) is 5.74. The Morgan fingerprint density at radius 1 is 1.16 bits per heavy atom. The Balaban J connectivity index is 2.94. The summed E-state index contributed by atoms with van der Waals surface area (Å²) in [5.41, 5.74) is 4.33. The minimum absolute atomic E-state index is 0.247. The van der Waals surface area contributed by atoms with Crippen molar-refractivity contribution in [1.29, 1.82) is 0 Å². The van der Waals surface area contributed by atoms with Gasteiger partial charge in [0, 0.05) is 11.6 Å². The standard InChI is InChI=1S/C17H27NO/c1-7-8-18(12(2)3)11-16(19)17-14(5)9-13(4)10-15(17)6/h9-10,12H,7-8,11H2,1-6H3. The van der Waals surface area contributed by atoms with E-state index in [0.717, 1.165) is 29.7 Å². The fraction of sp³-hybridized carbons (Fsp3) is 0.588. The summed E-state index contributed by atoms with van der Waals surface area (Å²) in [6.45, 7) is 14.1. The Labute approximate surface area is 117 Å². The molecule has 1 aromatic carbocycles. The van der Waals surface area contributed by atoms with E-state index in [1.54, 1.807) is 0 Å². The average Bonchev–Trinajstić information content (AvgIpc) is 2.26. The van der Waals surface area contributed by atoms with Gasteiger partial charge < -0.3 is 0 Å². The molecule has 0 unspecified atom stereocenters. The molecule has 0 aliphatic rings. The van der Waals surface area contributed by atoms with Crippen LogP contribution in [0, 0.1) is 20.8 Å². The molecule has 2 nitrogen and oxygen atoms in total. The molecule has 19 heavy (non-hydrogen) atoms. The van der Waals surface area contributed by atoms with Gasteiger partial charge in [0.15, 0.2) is 5.78 Å². The molecule has 0 saturated carbocycles. The van der Waals surface area contributed by atoms with Gasteiger partial charge in [0.05, 0.1) is 6.54 Å². The molecular formula is C17H27NO. The first-order valence-electron chi connectivity index (χ1n) is 7.21. The predicted molar refractivity (Wildman–Crippen MR) is 82.0 cm³/mol. The van der Waals surface area contributed by atoms with E-state index < -0.39 is 0 Å². The minimum Gasteiger partial charge on any atom is -0.293 e. The van der Waals surface area contributed by atoms with Crippen LogP contribution in [0.3, 0.4) is 0 Å². The van der Waals surface area contributed by atoms with Gasteiger partial charge in [0.25, 0.3) is 0 Å². The Morgan fingerprint density at radius 2 is 1.68 bits per heavy atom. The van der Waals surface area contributed by atoms with Crippen molar-refractivity contribution >= 4 is 5.78 Å². The molecule has 2 heteroatoms. The van der Waals surface area contributed by atoms with E-state index in [9.17, 15) is 4.79 Å². The van der Waals surface area contributed by atoms with Gasteiger partial charge in [-0.05, 0) is 58.7 Å². The van der Waals surface area contributed by atoms with Crippen molar-refractivity contribution in [1.82, 2.24) is 4.90 Å². The second-order valence-corrected chi connectivity index (χ2v) is 5.76. The lowest BCUT2D eigenvalue weighted by molar-refractivity contribution is 0.0904. The molecular weight excluding hydrogens is 234 g/mol. The molecule has 0 bridgehead atoms. The maximum absolute atomic E-state index is 12.5. The topological polar surface area (TPSA) is 20.3 Å². The van der Waals surface area contributed by atoms with Crippen molar-refractivity contribution in [2.75, 3.05) is 13.1 Å². The second-order valence-electron chi connectivity index (χ2n) is 5.76. The summed E-state index contributed by atoms with van der Waals surface area (Å²) in [6.07, 6.45) is 1.08. The first-order chi connectivity index (χ1) is 8.86. The van der Waals surface area contributed by atoms with Gasteiger partial charge in [0.2, 0.25) is 0 Å². The van der Waals surface area contributed by atoms with Crippen molar-refractivity contribution < 1.29 is 4.79 Å². The summed E-state index contributed by atoms with van der Waals surface area (Å²) >= 11 is 0. The first-order valence-corrected chi connectivity index (χ1v) is 7.21. The smallest absolute Gasteiger partial charge is 0.177 e. The molecule has 1 rings (SSSR count). The van der Waals surface area contributed by atoms with Gasteiger partial charge in [-0.3, -0.25) is 9.69 Å². The maximum Gasteiger partial charge on any atom is 0.177 e. The molecule has 0 radical (unpaired) electrons. The molecule has 0 aromatic heterocycles. The Morgan fingerprint density at radius 3 is 2.11 bits per heavy atom. The number of ketones is 1. The van der Waals surface area contributed by atoms with Crippen molar-refractivity contribution in [2.45, 2.75) is 54.0 Å². The van der Waals surface area contributed by atoms with Crippen LogP contribution in [-0.4, -0.2) is 29.8 Å². The van der Waals surface area contributed by atoms with E-state index in [2.05, 4.69) is 44.7 Å². The molecule has 0 aliphatic carbocycles. The van der Waals surface area contributed by atoms with E-state index in [0.29, 0.717) is 12.6 Å². The molecule has 0 spiro atoms. The van der Waals surface area contributed by atoms with E-state index in [-0.39, 0.29) is 5.78 Å². The highest BCUT2D eigenvalue weighted by atomic mass is 16.1. The minimum atomic E-state index is 0.247. The van der Waals surface area contributed by atoms with Crippen LogP contribution in [0.15, 0.2) is 12.1 Å². The maximum atomic E-state index is 12.5. The van der Waals surface area contributed by atoms with Gasteiger partial charge in [0.1, 0.15) is 0 Å². The summed E-state index contributed by atoms with van der Waals surface area (Å²) in [4.78, 5) is 14.8. The van der Waals surface area contributed by atoms with Crippen LogP contribution in [-0.2, 0) is 0 Å². The number of hydrogen-bond acceptors (Lipinski definition) is 2. The fourth-order valence-electron chi connectivity index (χ4n) is 2.69. The molecule has 106 valence electrons. The molecule has 0 aliphatic heterocycles. The molecule has 0 amide bonds. The van der Waals surface area contributed by atoms with Crippen LogP contribution in [0.5, 0.6) is 0 Å². The van der Waals surface area contributed by atoms with E-state index in [4.69, 9.17) is 0 Å². The lowest BCUT2D eigenvalue weighted by atomic mass is 9.96. The van der Waals surface area contributed by atoms with Crippen LogP contribution in [0.2, 0.25) is 0 Å². The largest absolute Gasteiger partial charge is 0.293 e. The monoisotopic (exact) mass is 261 g/mol. The van der Waals surface area contributed by atoms with E-state index in [1.807, 2.05) is 13.8 Å². The number of Topliss-reactive ketones (excluding diaryl/α,β-unsaturated/α-hetero) is 1. The SMILES string of the molecule is CCCN(CC(=O)c1c(C)cc(C)cc1C)C(C)C. The summed E-state index contributed by atoms with van der Waals surface area (Å²) in [7, 11) is 0. The molecule has 0 saturated heterocycles. The number of nitrogens with zero attached hydrogens (tertiary/aromatic N) is 1. The Hall–Kier alpha value is -1.15. The third-order valence-electron chi connectivity index (χ3n) is 3.54. The fourth-order valence-corrected chi connectivity index (χ4v) is 2.69. The summed E-state index contributed by atoms with van der Waals surface area (Å²) in [5.74, 6) is 0.247. The highest BCUT2D eigenvalue weighted by molar-refractivity contribution is 6.00. The zero-order valence-corrected chi connectivity index (χ0v) is 13.2. The highest BCUT2D eigenvalue weighted by Crippen LogP contribution is 2.18. The van der Waals surface area contributed by atoms with Gasteiger partial charge in [-0.1, -0.05) is 24.6 Å². The number of rotatable bonds is 6. The number of hydrogen-bond donors (Lipinski definition) is 0. The van der Waals surface area contributed by atoms with Gasteiger partial charge in [-0.15, -0.1) is 0 Å². The van der Waals surface area contributed by atoms with Crippen LogP contribution in [0.1, 0.15) is 54.2 Å². The third-order valence-corrected chi connectivity index (χ3v) is 3.54. The predicted octanol–water partition coefficient (Wildman–Crippen LogP) is 3.91. The first kappa shape index (κ1) is 15.9. The van der Waals surface area contributed by atoms with Crippen molar-refractivity contribution in [2.24, 2.45) is 0 Å². The average molecular weight is 261 g/mol.